The Morgan fingerprint density at radius 2 is 1.65 bits per heavy atom. The SMILES string of the molecule is CNC(CN1Cc2ccccc2C1)c1ccccc1F. The first kappa shape index (κ1) is 13.3. The highest BCUT2D eigenvalue weighted by atomic mass is 19.1. The summed E-state index contributed by atoms with van der Waals surface area (Å²) in [5.41, 5.74) is 3.51. The van der Waals surface area contributed by atoms with Crippen LogP contribution in [-0.4, -0.2) is 18.5 Å². The van der Waals surface area contributed by atoms with Crippen molar-refractivity contribution in [3.63, 3.8) is 0 Å². The maximum atomic E-state index is 13.9. The van der Waals surface area contributed by atoms with Gasteiger partial charge >= 0.3 is 0 Å². The van der Waals surface area contributed by atoms with E-state index in [1.807, 2.05) is 19.2 Å². The zero-order chi connectivity index (χ0) is 13.9. The molecular formula is C17H19FN2. The fraction of sp³-hybridized carbons (Fsp3) is 0.294. The minimum absolute atomic E-state index is 0.0190. The van der Waals surface area contributed by atoms with E-state index in [-0.39, 0.29) is 11.9 Å². The number of benzene rings is 2. The van der Waals surface area contributed by atoms with Crippen molar-refractivity contribution < 1.29 is 4.39 Å². The quantitative estimate of drug-likeness (QED) is 0.918. The van der Waals surface area contributed by atoms with Crippen LogP contribution in [0.1, 0.15) is 22.7 Å². The van der Waals surface area contributed by atoms with Gasteiger partial charge in [0.2, 0.25) is 0 Å². The van der Waals surface area contributed by atoms with E-state index in [1.165, 1.54) is 17.2 Å². The average Bonchev–Trinajstić information content (AvgIpc) is 2.88. The molecule has 20 heavy (non-hydrogen) atoms. The van der Waals surface area contributed by atoms with Gasteiger partial charge in [0, 0.05) is 31.2 Å². The van der Waals surface area contributed by atoms with Crippen molar-refractivity contribution in [2.75, 3.05) is 13.6 Å². The predicted molar refractivity (Wildman–Crippen MR) is 78.8 cm³/mol. The molecule has 1 atom stereocenters. The van der Waals surface area contributed by atoms with Gasteiger partial charge in [0.1, 0.15) is 5.82 Å². The third-order valence-electron chi connectivity index (χ3n) is 3.98. The number of halogens is 1. The van der Waals surface area contributed by atoms with E-state index in [4.69, 9.17) is 0 Å². The summed E-state index contributed by atoms with van der Waals surface area (Å²) >= 11 is 0. The first-order chi connectivity index (χ1) is 9.78. The molecule has 1 heterocycles. The third kappa shape index (κ3) is 2.60. The first-order valence-electron chi connectivity index (χ1n) is 6.99. The number of fused-ring (bicyclic) bond motifs is 1. The van der Waals surface area contributed by atoms with E-state index >= 15 is 0 Å². The van der Waals surface area contributed by atoms with Crippen LogP contribution in [-0.2, 0) is 13.1 Å². The van der Waals surface area contributed by atoms with Gasteiger partial charge in [0.05, 0.1) is 0 Å². The zero-order valence-corrected chi connectivity index (χ0v) is 11.6. The molecule has 0 saturated heterocycles. The summed E-state index contributed by atoms with van der Waals surface area (Å²) in [7, 11) is 1.89. The van der Waals surface area contributed by atoms with E-state index in [0.717, 1.165) is 25.2 Å². The molecule has 0 saturated carbocycles. The molecule has 2 aromatic rings. The van der Waals surface area contributed by atoms with Crippen LogP contribution in [0.3, 0.4) is 0 Å². The Labute approximate surface area is 119 Å². The van der Waals surface area contributed by atoms with Gasteiger partial charge in [-0.05, 0) is 24.2 Å². The highest BCUT2D eigenvalue weighted by molar-refractivity contribution is 5.30. The molecule has 1 unspecified atom stereocenters. The summed E-state index contributed by atoms with van der Waals surface area (Å²) in [4.78, 5) is 2.36. The summed E-state index contributed by atoms with van der Waals surface area (Å²) in [5.74, 6) is -0.136. The van der Waals surface area contributed by atoms with Crippen molar-refractivity contribution in [3.05, 3.63) is 71.0 Å². The van der Waals surface area contributed by atoms with Crippen LogP contribution in [0, 0.1) is 5.82 Å². The van der Waals surface area contributed by atoms with Crippen LogP contribution in [0.2, 0.25) is 0 Å². The number of likely N-dealkylation sites (N-methyl/N-ethyl adjacent to an activating group) is 1. The van der Waals surface area contributed by atoms with Crippen LogP contribution in [0.5, 0.6) is 0 Å². The fourth-order valence-corrected chi connectivity index (χ4v) is 2.89. The summed E-state index contributed by atoms with van der Waals surface area (Å²) in [6.07, 6.45) is 0. The summed E-state index contributed by atoms with van der Waals surface area (Å²) in [6, 6.07) is 15.5. The Bertz CT molecular complexity index is 572. The molecule has 0 spiro atoms. The van der Waals surface area contributed by atoms with Gasteiger partial charge in [-0.15, -0.1) is 0 Å². The lowest BCUT2D eigenvalue weighted by Gasteiger charge is -2.23. The molecule has 0 aliphatic carbocycles. The molecule has 1 aliphatic heterocycles. The lowest BCUT2D eigenvalue weighted by molar-refractivity contribution is 0.251. The number of hydrogen-bond donors (Lipinski definition) is 1. The smallest absolute Gasteiger partial charge is 0.128 e. The minimum Gasteiger partial charge on any atom is -0.312 e. The summed E-state index contributed by atoms with van der Waals surface area (Å²) < 4.78 is 13.9. The van der Waals surface area contributed by atoms with E-state index < -0.39 is 0 Å². The predicted octanol–water partition coefficient (Wildman–Crippen LogP) is 3.10. The Morgan fingerprint density at radius 3 is 2.25 bits per heavy atom. The number of hydrogen-bond acceptors (Lipinski definition) is 2. The van der Waals surface area contributed by atoms with Crippen LogP contribution in [0.4, 0.5) is 4.39 Å². The van der Waals surface area contributed by atoms with Crippen LogP contribution in [0.25, 0.3) is 0 Å². The standard InChI is InChI=1S/C17H19FN2/c1-19-17(15-8-4-5-9-16(15)18)12-20-10-13-6-2-3-7-14(13)11-20/h2-9,17,19H,10-12H2,1H3. The van der Waals surface area contributed by atoms with Crippen LogP contribution >= 0.6 is 0 Å². The maximum Gasteiger partial charge on any atom is 0.128 e. The monoisotopic (exact) mass is 270 g/mol. The molecule has 2 aromatic carbocycles. The zero-order valence-electron chi connectivity index (χ0n) is 11.6. The molecule has 0 fully saturated rings. The molecule has 0 amide bonds. The van der Waals surface area contributed by atoms with Crippen molar-refractivity contribution in [1.29, 1.82) is 0 Å². The van der Waals surface area contributed by atoms with Gasteiger partial charge in [0.15, 0.2) is 0 Å². The van der Waals surface area contributed by atoms with E-state index in [0.29, 0.717) is 0 Å². The lowest BCUT2D eigenvalue weighted by Crippen LogP contribution is -2.31. The van der Waals surface area contributed by atoms with Crippen molar-refractivity contribution >= 4 is 0 Å². The van der Waals surface area contributed by atoms with Crippen LogP contribution < -0.4 is 5.32 Å². The Kier molecular flexibility index (Phi) is 3.81. The highest BCUT2D eigenvalue weighted by Gasteiger charge is 2.22. The van der Waals surface area contributed by atoms with Gasteiger partial charge in [0.25, 0.3) is 0 Å². The number of nitrogens with one attached hydrogen (secondary N) is 1. The van der Waals surface area contributed by atoms with Gasteiger partial charge < -0.3 is 5.32 Å². The Hall–Kier alpha value is -1.71. The lowest BCUT2D eigenvalue weighted by atomic mass is 10.1. The van der Waals surface area contributed by atoms with Gasteiger partial charge in [-0.1, -0.05) is 42.5 Å². The molecule has 0 radical (unpaired) electrons. The maximum absolute atomic E-state index is 13.9. The largest absolute Gasteiger partial charge is 0.312 e. The van der Waals surface area contributed by atoms with E-state index in [1.54, 1.807) is 6.07 Å². The van der Waals surface area contributed by atoms with Crippen molar-refractivity contribution in [1.82, 2.24) is 10.2 Å². The summed E-state index contributed by atoms with van der Waals surface area (Å²) in [5, 5.41) is 3.23. The van der Waals surface area contributed by atoms with Crippen molar-refractivity contribution in [2.45, 2.75) is 19.1 Å². The number of nitrogens with zero attached hydrogens (tertiary/aromatic N) is 1. The third-order valence-corrected chi connectivity index (χ3v) is 3.98. The molecule has 1 aliphatic rings. The van der Waals surface area contributed by atoms with Gasteiger partial charge in [-0.2, -0.15) is 0 Å². The fourth-order valence-electron chi connectivity index (χ4n) is 2.89. The molecular weight excluding hydrogens is 251 g/mol. The second-order valence-corrected chi connectivity index (χ2v) is 5.30. The first-order valence-corrected chi connectivity index (χ1v) is 6.99. The molecule has 104 valence electrons. The molecule has 3 heteroatoms. The van der Waals surface area contributed by atoms with Crippen molar-refractivity contribution in [3.8, 4) is 0 Å². The summed E-state index contributed by atoms with van der Waals surface area (Å²) in [6.45, 7) is 2.71. The number of rotatable bonds is 4. The average molecular weight is 270 g/mol. The second kappa shape index (κ2) is 5.73. The van der Waals surface area contributed by atoms with E-state index in [9.17, 15) is 4.39 Å². The molecule has 1 N–H and O–H groups in total. The van der Waals surface area contributed by atoms with Gasteiger partial charge in [-0.3, -0.25) is 4.90 Å². The van der Waals surface area contributed by atoms with Crippen LogP contribution in [0.15, 0.2) is 48.5 Å². The van der Waals surface area contributed by atoms with E-state index in [2.05, 4.69) is 34.5 Å². The molecule has 0 aromatic heterocycles. The second-order valence-electron chi connectivity index (χ2n) is 5.30. The molecule has 3 rings (SSSR count). The molecule has 0 bridgehead atoms. The molecule has 2 nitrogen and oxygen atoms in total. The highest BCUT2D eigenvalue weighted by Crippen LogP contribution is 2.25. The Balaban J connectivity index is 1.73. The Morgan fingerprint density at radius 1 is 1.05 bits per heavy atom. The van der Waals surface area contributed by atoms with Gasteiger partial charge in [-0.25, -0.2) is 4.39 Å². The van der Waals surface area contributed by atoms with Crippen molar-refractivity contribution in [2.24, 2.45) is 0 Å². The normalized spacial score (nSPS) is 16.1. The topological polar surface area (TPSA) is 15.3 Å². The minimum atomic E-state index is -0.136.